The minimum absolute atomic E-state index is 0.0473. The Hall–Kier alpha value is -2.08. The number of rotatable bonds is 8. The highest BCUT2D eigenvalue weighted by Gasteiger charge is 2.17. The van der Waals surface area contributed by atoms with Crippen molar-refractivity contribution in [2.45, 2.75) is 52.7 Å². The molecule has 0 bridgehead atoms. The number of hydrogen-bond donors (Lipinski definition) is 1. The maximum Gasteiger partial charge on any atom is 0.220 e. The van der Waals surface area contributed by atoms with Gasteiger partial charge in [-0.15, -0.1) is 0 Å². The summed E-state index contributed by atoms with van der Waals surface area (Å²) >= 11 is 0. The Morgan fingerprint density at radius 3 is 2.88 bits per heavy atom. The Kier molecular flexibility index (Phi) is 7.91. The fraction of sp³-hybridized carbons (Fsp3) is 0.600. The van der Waals surface area contributed by atoms with Crippen LogP contribution in [0.15, 0.2) is 18.2 Å². The Morgan fingerprint density at radius 1 is 1.35 bits per heavy atom. The van der Waals surface area contributed by atoms with E-state index in [1.165, 1.54) is 0 Å². The summed E-state index contributed by atoms with van der Waals surface area (Å²) in [4.78, 5) is 25.4. The first-order chi connectivity index (χ1) is 12.5. The zero-order valence-corrected chi connectivity index (χ0v) is 16.0. The third-order valence-corrected chi connectivity index (χ3v) is 4.29. The number of hydrogen-bond acceptors (Lipinski definition) is 4. The Balaban J connectivity index is 1.79. The molecule has 6 nitrogen and oxygen atoms in total. The zero-order chi connectivity index (χ0) is 18.9. The number of ether oxygens (including phenoxy) is 2. The zero-order valence-electron chi connectivity index (χ0n) is 16.0. The van der Waals surface area contributed by atoms with Crippen LogP contribution in [0, 0.1) is 0 Å². The number of fused-ring (bicyclic) bond motifs is 1. The topological polar surface area (TPSA) is 67.9 Å². The smallest absolute Gasteiger partial charge is 0.220 e. The van der Waals surface area contributed by atoms with Gasteiger partial charge in [0.1, 0.15) is 12.4 Å². The predicted molar refractivity (Wildman–Crippen MR) is 100 cm³/mol. The van der Waals surface area contributed by atoms with Crippen molar-refractivity contribution in [2.75, 3.05) is 26.3 Å². The van der Waals surface area contributed by atoms with Crippen molar-refractivity contribution < 1.29 is 19.1 Å². The van der Waals surface area contributed by atoms with E-state index in [0.29, 0.717) is 45.7 Å². The van der Waals surface area contributed by atoms with Crippen LogP contribution < -0.4 is 10.1 Å². The van der Waals surface area contributed by atoms with Gasteiger partial charge in [0, 0.05) is 38.6 Å². The molecule has 1 N–H and O–H groups in total. The number of nitrogens with zero attached hydrogens (tertiary/aromatic N) is 1. The molecule has 0 saturated carbocycles. The summed E-state index contributed by atoms with van der Waals surface area (Å²) in [7, 11) is 0. The lowest BCUT2D eigenvalue weighted by Crippen LogP contribution is -2.30. The summed E-state index contributed by atoms with van der Waals surface area (Å²) in [5.74, 6) is 0.922. The lowest BCUT2D eigenvalue weighted by atomic mass is 10.0. The summed E-state index contributed by atoms with van der Waals surface area (Å²) in [5.41, 5.74) is 2.08. The quantitative estimate of drug-likeness (QED) is 0.721. The monoisotopic (exact) mass is 362 g/mol. The van der Waals surface area contributed by atoms with Crippen LogP contribution in [0.1, 0.15) is 44.7 Å². The van der Waals surface area contributed by atoms with E-state index < -0.39 is 0 Å². The molecule has 2 rings (SSSR count). The van der Waals surface area contributed by atoms with Crippen LogP contribution in [0.3, 0.4) is 0 Å². The molecule has 0 aromatic heterocycles. The molecule has 144 valence electrons. The summed E-state index contributed by atoms with van der Waals surface area (Å²) in [6, 6.07) is 5.97. The number of benzene rings is 1. The SMILES string of the molecule is CC(=O)N1CCOc2ccc(CCC(=O)NCCCOC(C)C)cc2C1. The van der Waals surface area contributed by atoms with Gasteiger partial charge in [0.05, 0.1) is 12.6 Å². The number of amides is 2. The Labute approximate surface area is 155 Å². The molecule has 1 aromatic carbocycles. The first-order valence-electron chi connectivity index (χ1n) is 9.34. The molecule has 1 aliphatic heterocycles. The number of aryl methyl sites for hydroxylation is 1. The molecule has 0 atom stereocenters. The highest BCUT2D eigenvalue weighted by atomic mass is 16.5. The Morgan fingerprint density at radius 2 is 2.15 bits per heavy atom. The van der Waals surface area contributed by atoms with E-state index in [2.05, 4.69) is 5.32 Å². The molecule has 0 fully saturated rings. The minimum Gasteiger partial charge on any atom is -0.491 e. The lowest BCUT2D eigenvalue weighted by molar-refractivity contribution is -0.129. The summed E-state index contributed by atoms with van der Waals surface area (Å²) in [6.07, 6.45) is 2.16. The van der Waals surface area contributed by atoms with Crippen molar-refractivity contribution in [3.05, 3.63) is 29.3 Å². The fourth-order valence-corrected chi connectivity index (χ4v) is 2.84. The van der Waals surface area contributed by atoms with Crippen LogP contribution >= 0.6 is 0 Å². The molecule has 6 heteroatoms. The van der Waals surface area contributed by atoms with Gasteiger partial charge in [0.25, 0.3) is 0 Å². The molecular weight excluding hydrogens is 332 g/mol. The second-order valence-electron chi connectivity index (χ2n) is 6.85. The van der Waals surface area contributed by atoms with Crippen LogP contribution in [0.4, 0.5) is 0 Å². The third kappa shape index (κ3) is 6.67. The van der Waals surface area contributed by atoms with Crippen molar-refractivity contribution >= 4 is 11.8 Å². The molecule has 2 amide bonds. The highest BCUT2D eigenvalue weighted by Crippen LogP contribution is 2.25. The largest absolute Gasteiger partial charge is 0.491 e. The van der Waals surface area contributed by atoms with Crippen LogP contribution in [-0.2, 0) is 27.3 Å². The van der Waals surface area contributed by atoms with Crippen molar-refractivity contribution in [3.8, 4) is 5.75 Å². The second-order valence-corrected chi connectivity index (χ2v) is 6.85. The van der Waals surface area contributed by atoms with Gasteiger partial charge in [0.15, 0.2) is 0 Å². The van der Waals surface area contributed by atoms with Gasteiger partial charge in [-0.3, -0.25) is 9.59 Å². The van der Waals surface area contributed by atoms with Crippen LogP contribution in [-0.4, -0.2) is 49.1 Å². The number of carbonyl (C=O) groups excluding carboxylic acids is 2. The average Bonchev–Trinajstić information content (AvgIpc) is 2.81. The lowest BCUT2D eigenvalue weighted by Gasteiger charge is -2.17. The molecule has 0 aliphatic carbocycles. The van der Waals surface area contributed by atoms with Crippen molar-refractivity contribution in [2.24, 2.45) is 0 Å². The van der Waals surface area contributed by atoms with Crippen LogP contribution in [0.5, 0.6) is 5.75 Å². The van der Waals surface area contributed by atoms with E-state index in [-0.39, 0.29) is 17.9 Å². The first kappa shape index (κ1) is 20.2. The van der Waals surface area contributed by atoms with Crippen molar-refractivity contribution in [3.63, 3.8) is 0 Å². The highest BCUT2D eigenvalue weighted by molar-refractivity contribution is 5.76. The van der Waals surface area contributed by atoms with Gasteiger partial charge in [-0.2, -0.15) is 0 Å². The third-order valence-electron chi connectivity index (χ3n) is 4.29. The minimum atomic E-state index is 0.0473. The molecule has 0 unspecified atom stereocenters. The van der Waals surface area contributed by atoms with Gasteiger partial charge in [-0.25, -0.2) is 0 Å². The van der Waals surface area contributed by atoms with Crippen molar-refractivity contribution in [1.29, 1.82) is 0 Å². The van der Waals surface area contributed by atoms with E-state index in [0.717, 1.165) is 23.3 Å². The summed E-state index contributed by atoms with van der Waals surface area (Å²) in [5, 5.41) is 2.92. The first-order valence-corrected chi connectivity index (χ1v) is 9.34. The number of carbonyl (C=O) groups is 2. The summed E-state index contributed by atoms with van der Waals surface area (Å²) in [6.45, 7) is 8.54. The van der Waals surface area contributed by atoms with Gasteiger partial charge < -0.3 is 19.7 Å². The van der Waals surface area contributed by atoms with E-state index in [4.69, 9.17) is 9.47 Å². The van der Waals surface area contributed by atoms with Crippen molar-refractivity contribution in [1.82, 2.24) is 10.2 Å². The molecule has 1 aliphatic rings. The maximum absolute atomic E-state index is 12.0. The van der Waals surface area contributed by atoms with Gasteiger partial charge in [-0.05, 0) is 38.3 Å². The summed E-state index contributed by atoms with van der Waals surface area (Å²) < 4.78 is 11.2. The molecule has 1 aromatic rings. The standard InChI is InChI=1S/C20H30N2O4/c1-15(2)25-11-4-9-21-20(24)8-6-17-5-7-19-18(13-17)14-22(16(3)23)10-12-26-19/h5,7,13,15H,4,6,8-12,14H2,1-3H3,(H,21,24). The Bertz CT molecular complexity index is 616. The molecule has 1 heterocycles. The average molecular weight is 362 g/mol. The van der Waals surface area contributed by atoms with E-state index in [9.17, 15) is 9.59 Å². The van der Waals surface area contributed by atoms with Gasteiger partial charge >= 0.3 is 0 Å². The van der Waals surface area contributed by atoms with E-state index >= 15 is 0 Å². The fourth-order valence-electron chi connectivity index (χ4n) is 2.84. The van der Waals surface area contributed by atoms with Gasteiger partial charge in [-0.1, -0.05) is 12.1 Å². The molecule has 0 radical (unpaired) electrons. The van der Waals surface area contributed by atoms with E-state index in [1.807, 2.05) is 32.0 Å². The van der Waals surface area contributed by atoms with Crippen LogP contribution in [0.2, 0.25) is 0 Å². The molecular formula is C20H30N2O4. The van der Waals surface area contributed by atoms with Gasteiger partial charge in [0.2, 0.25) is 11.8 Å². The predicted octanol–water partition coefficient (Wildman–Crippen LogP) is 2.29. The molecule has 26 heavy (non-hydrogen) atoms. The maximum atomic E-state index is 12.0. The van der Waals surface area contributed by atoms with E-state index in [1.54, 1.807) is 11.8 Å². The molecule has 0 saturated heterocycles. The van der Waals surface area contributed by atoms with Crippen LogP contribution in [0.25, 0.3) is 0 Å². The molecule has 0 spiro atoms. The normalized spacial score (nSPS) is 13.8. The number of nitrogens with one attached hydrogen (secondary N) is 1. The second kappa shape index (κ2) is 10.2.